The van der Waals surface area contributed by atoms with Crippen LogP contribution in [0.2, 0.25) is 0 Å². The lowest BCUT2D eigenvalue weighted by atomic mass is 9.74. The van der Waals surface area contributed by atoms with Crippen LogP contribution in [0.1, 0.15) is 18.4 Å². The molecule has 2 fully saturated rings. The number of benzene rings is 1. The van der Waals surface area contributed by atoms with Gasteiger partial charge in [-0.2, -0.15) is 0 Å². The molecule has 2 aliphatic heterocycles. The van der Waals surface area contributed by atoms with Gasteiger partial charge in [-0.3, -0.25) is 9.59 Å². The van der Waals surface area contributed by atoms with Crippen molar-refractivity contribution in [1.29, 1.82) is 0 Å². The Morgan fingerprint density at radius 3 is 2.55 bits per heavy atom. The second-order valence-electron chi connectivity index (χ2n) is 6.26. The molecule has 7 nitrogen and oxygen atoms in total. The van der Waals surface area contributed by atoms with Gasteiger partial charge in [-0.05, 0) is 24.5 Å². The Balaban J connectivity index is 1.54. The van der Waals surface area contributed by atoms with Gasteiger partial charge < -0.3 is 20.6 Å². The van der Waals surface area contributed by atoms with E-state index in [4.69, 9.17) is 5.11 Å². The van der Waals surface area contributed by atoms with Gasteiger partial charge in [0.2, 0.25) is 11.8 Å². The zero-order valence-electron chi connectivity index (χ0n) is 11.8. The maximum absolute atomic E-state index is 12.5. The zero-order valence-corrected chi connectivity index (χ0v) is 11.8. The van der Waals surface area contributed by atoms with Crippen LogP contribution in [0.5, 0.6) is 0 Å². The van der Waals surface area contributed by atoms with Crippen LogP contribution in [0, 0.1) is 0 Å². The highest BCUT2D eigenvalue weighted by atomic mass is 16.4. The molecule has 7 heteroatoms. The number of rotatable bonds is 2. The molecule has 0 unspecified atom stereocenters. The van der Waals surface area contributed by atoms with Crippen LogP contribution in [0.15, 0.2) is 24.3 Å². The van der Waals surface area contributed by atoms with Crippen LogP contribution < -0.4 is 10.6 Å². The molecule has 3 aliphatic rings. The van der Waals surface area contributed by atoms with Gasteiger partial charge in [0, 0.05) is 18.8 Å². The summed E-state index contributed by atoms with van der Waals surface area (Å²) >= 11 is 0. The molecule has 1 saturated heterocycles. The summed E-state index contributed by atoms with van der Waals surface area (Å²) in [5.74, 6) is -0.313. The Hall–Kier alpha value is -2.57. The van der Waals surface area contributed by atoms with E-state index < -0.39 is 17.0 Å². The minimum atomic E-state index is -1.19. The predicted octanol–water partition coefficient (Wildman–Crippen LogP) is 0.519. The van der Waals surface area contributed by atoms with E-state index in [1.165, 1.54) is 0 Å². The van der Waals surface area contributed by atoms with E-state index in [0.717, 1.165) is 11.3 Å². The molecule has 1 aliphatic carbocycles. The highest BCUT2D eigenvalue weighted by Crippen LogP contribution is 2.47. The normalized spacial score (nSPS) is 22.5. The molecule has 0 aromatic heterocycles. The summed E-state index contributed by atoms with van der Waals surface area (Å²) in [6, 6.07) is 7.48. The minimum absolute atomic E-state index is 0.0891. The number of nitrogens with zero attached hydrogens (tertiary/aromatic N) is 1. The molecular weight excluding hydrogens is 286 g/mol. The first-order valence-corrected chi connectivity index (χ1v) is 7.18. The number of amides is 3. The lowest BCUT2D eigenvalue weighted by Crippen LogP contribution is -2.67. The van der Waals surface area contributed by atoms with Gasteiger partial charge in [0.05, 0.1) is 0 Å². The molecule has 22 heavy (non-hydrogen) atoms. The second kappa shape index (κ2) is 4.00. The maximum Gasteiger partial charge on any atom is 0.405 e. The Morgan fingerprint density at radius 2 is 1.91 bits per heavy atom. The molecule has 0 atom stereocenters. The number of hydrogen-bond acceptors (Lipinski definition) is 3. The summed E-state index contributed by atoms with van der Waals surface area (Å²) < 4.78 is 0. The number of nitrogens with one attached hydrogen (secondary N) is 2. The van der Waals surface area contributed by atoms with Crippen molar-refractivity contribution in [3.63, 3.8) is 0 Å². The number of carbonyl (C=O) groups is 3. The first kappa shape index (κ1) is 13.1. The molecule has 1 saturated carbocycles. The van der Waals surface area contributed by atoms with Crippen LogP contribution >= 0.6 is 0 Å². The van der Waals surface area contributed by atoms with Crippen LogP contribution in [0.3, 0.4) is 0 Å². The summed E-state index contributed by atoms with van der Waals surface area (Å²) in [7, 11) is 0. The molecule has 1 aromatic carbocycles. The zero-order chi connectivity index (χ0) is 15.5. The second-order valence-corrected chi connectivity index (χ2v) is 6.26. The number of hydrogen-bond donors (Lipinski definition) is 3. The highest BCUT2D eigenvalue weighted by Gasteiger charge is 2.61. The fraction of sp³-hybridized carbons (Fsp3) is 0.400. The molecule has 0 bridgehead atoms. The number of likely N-dealkylation sites (tertiary alicyclic amines) is 1. The quantitative estimate of drug-likeness (QED) is 0.741. The SMILES string of the molecule is O=C(O)NC1(C(=O)N2CC3(C2)C(=O)Nc2ccccc23)CC1. The van der Waals surface area contributed by atoms with Gasteiger partial charge in [-0.25, -0.2) is 4.79 Å². The average Bonchev–Trinajstić information content (AvgIpc) is 3.12. The summed E-state index contributed by atoms with van der Waals surface area (Å²) in [6.45, 7) is 0.607. The summed E-state index contributed by atoms with van der Waals surface area (Å²) in [4.78, 5) is 37.1. The van der Waals surface area contributed by atoms with E-state index in [1.807, 2.05) is 24.3 Å². The number of carbonyl (C=O) groups excluding carboxylic acids is 2. The smallest absolute Gasteiger partial charge is 0.405 e. The Bertz CT molecular complexity index is 704. The van der Waals surface area contributed by atoms with Crippen LogP contribution in [-0.2, 0) is 15.0 Å². The van der Waals surface area contributed by atoms with Gasteiger partial charge in [-0.15, -0.1) is 0 Å². The van der Waals surface area contributed by atoms with Gasteiger partial charge in [0.15, 0.2) is 0 Å². The van der Waals surface area contributed by atoms with E-state index in [0.29, 0.717) is 25.9 Å². The van der Waals surface area contributed by atoms with E-state index in [1.54, 1.807) is 4.90 Å². The number of carboxylic acid groups (broad SMARTS) is 1. The first-order valence-electron chi connectivity index (χ1n) is 7.18. The fourth-order valence-corrected chi connectivity index (χ4v) is 3.46. The lowest BCUT2D eigenvalue weighted by Gasteiger charge is -2.47. The largest absolute Gasteiger partial charge is 0.465 e. The molecule has 3 amide bonds. The van der Waals surface area contributed by atoms with Crippen LogP contribution in [0.25, 0.3) is 0 Å². The number of anilines is 1. The minimum Gasteiger partial charge on any atom is -0.465 e. The molecule has 1 spiro atoms. The monoisotopic (exact) mass is 301 g/mol. The third-order valence-corrected chi connectivity index (χ3v) is 4.84. The molecule has 0 radical (unpaired) electrons. The first-order chi connectivity index (χ1) is 10.5. The summed E-state index contributed by atoms with van der Waals surface area (Å²) in [5, 5.41) is 14.0. The summed E-state index contributed by atoms with van der Waals surface area (Å²) in [6.07, 6.45) is -0.153. The van der Waals surface area contributed by atoms with Crippen LogP contribution in [0.4, 0.5) is 10.5 Å². The van der Waals surface area contributed by atoms with Crippen molar-refractivity contribution in [2.75, 3.05) is 18.4 Å². The molecule has 4 rings (SSSR count). The molecule has 1 aromatic rings. The van der Waals surface area contributed by atoms with Gasteiger partial charge in [0.25, 0.3) is 0 Å². The number of fused-ring (bicyclic) bond motifs is 2. The van der Waals surface area contributed by atoms with E-state index in [-0.39, 0.29) is 11.8 Å². The third-order valence-electron chi connectivity index (χ3n) is 4.84. The van der Waals surface area contributed by atoms with Crippen molar-refractivity contribution >= 4 is 23.6 Å². The van der Waals surface area contributed by atoms with Crippen molar-refractivity contribution in [3.8, 4) is 0 Å². The molecule has 2 heterocycles. The predicted molar refractivity (Wildman–Crippen MR) is 76.5 cm³/mol. The van der Waals surface area contributed by atoms with Gasteiger partial charge in [0.1, 0.15) is 11.0 Å². The molecule has 114 valence electrons. The summed E-state index contributed by atoms with van der Waals surface area (Å²) in [5.41, 5.74) is 0.0672. The van der Waals surface area contributed by atoms with E-state index in [9.17, 15) is 14.4 Å². The standard InChI is InChI=1S/C15H15N3O4/c19-11-14(9-3-1-2-4-10(9)16-11)7-18(8-14)12(20)15(5-6-15)17-13(21)22/h1-4,17H,5-8H2,(H,16,19)(H,21,22). The molecule has 3 N–H and O–H groups in total. The maximum atomic E-state index is 12.5. The van der Waals surface area contributed by atoms with Crippen molar-refractivity contribution in [2.24, 2.45) is 0 Å². The van der Waals surface area contributed by atoms with E-state index >= 15 is 0 Å². The lowest BCUT2D eigenvalue weighted by molar-refractivity contribution is -0.146. The Kier molecular flexibility index (Phi) is 2.38. The van der Waals surface area contributed by atoms with Gasteiger partial charge in [-0.1, -0.05) is 18.2 Å². The topological polar surface area (TPSA) is 98.7 Å². The molecular formula is C15H15N3O4. The van der Waals surface area contributed by atoms with Gasteiger partial charge >= 0.3 is 6.09 Å². The van der Waals surface area contributed by atoms with E-state index in [2.05, 4.69) is 10.6 Å². The Morgan fingerprint density at radius 1 is 1.23 bits per heavy atom. The third kappa shape index (κ3) is 1.59. The van der Waals surface area contributed by atoms with Crippen molar-refractivity contribution in [1.82, 2.24) is 10.2 Å². The Labute approximate surface area is 126 Å². The van der Waals surface area contributed by atoms with Crippen molar-refractivity contribution in [3.05, 3.63) is 29.8 Å². The highest BCUT2D eigenvalue weighted by molar-refractivity contribution is 6.09. The van der Waals surface area contributed by atoms with Crippen molar-refractivity contribution in [2.45, 2.75) is 23.8 Å². The number of para-hydroxylation sites is 1. The average molecular weight is 301 g/mol. The fourth-order valence-electron chi connectivity index (χ4n) is 3.46. The van der Waals surface area contributed by atoms with Crippen molar-refractivity contribution < 1.29 is 19.5 Å². The van der Waals surface area contributed by atoms with Crippen LogP contribution in [-0.4, -0.2) is 46.5 Å².